The van der Waals surface area contributed by atoms with Crippen molar-refractivity contribution in [3.8, 4) is 11.8 Å². The van der Waals surface area contributed by atoms with E-state index in [2.05, 4.69) is 0 Å². The van der Waals surface area contributed by atoms with E-state index in [0.717, 1.165) is 28.8 Å². The number of nitriles is 1. The quantitative estimate of drug-likeness (QED) is 0.512. The van der Waals surface area contributed by atoms with Crippen molar-refractivity contribution in [1.29, 1.82) is 5.26 Å². The zero-order valence-corrected chi connectivity index (χ0v) is 18.3. The summed E-state index contributed by atoms with van der Waals surface area (Å²) < 4.78 is 58.9. The van der Waals surface area contributed by atoms with Gasteiger partial charge in [-0.25, -0.2) is 9.00 Å². The van der Waals surface area contributed by atoms with Gasteiger partial charge in [0.2, 0.25) is 0 Å². The van der Waals surface area contributed by atoms with E-state index in [1.54, 1.807) is 0 Å². The van der Waals surface area contributed by atoms with Gasteiger partial charge in [0.25, 0.3) is 5.56 Å². The minimum atomic E-state index is -4.65. The first-order chi connectivity index (χ1) is 15.6. The zero-order valence-electron chi connectivity index (χ0n) is 17.5. The van der Waals surface area contributed by atoms with Crippen LogP contribution in [0.4, 0.5) is 13.2 Å². The Morgan fingerprint density at radius 2 is 1.82 bits per heavy atom. The van der Waals surface area contributed by atoms with Gasteiger partial charge in [0.15, 0.2) is 0 Å². The third kappa shape index (κ3) is 4.88. The topological polar surface area (TPSA) is 89.2 Å². The number of rotatable bonds is 5. The summed E-state index contributed by atoms with van der Waals surface area (Å²) in [6.45, 7) is 2.92. The molecule has 170 valence electrons. The molecular weight excluding hydrogens is 457 g/mol. The Kier molecular flexibility index (Phi) is 6.84. The molecule has 0 saturated heterocycles. The van der Waals surface area contributed by atoms with Crippen molar-refractivity contribution in [2.75, 3.05) is 6.61 Å². The summed E-state index contributed by atoms with van der Waals surface area (Å²) in [5.74, 6) is -0.985. The Hall–Kier alpha value is -3.71. The van der Waals surface area contributed by atoms with Gasteiger partial charge in [-0.05, 0) is 62.4 Å². The summed E-state index contributed by atoms with van der Waals surface area (Å²) in [5, 5.41) is 8.95. The largest absolute Gasteiger partial charge is 0.462 e. The van der Waals surface area contributed by atoms with Gasteiger partial charge >= 0.3 is 12.1 Å². The molecule has 0 saturated carbocycles. The van der Waals surface area contributed by atoms with Crippen molar-refractivity contribution in [3.63, 3.8) is 0 Å². The van der Waals surface area contributed by atoms with Gasteiger partial charge in [0.1, 0.15) is 5.56 Å². The molecule has 0 radical (unpaired) electrons. The SMILES string of the molecule is CCOC(=O)c1cc(S(=O)c2ccc(C#N)cc2)c(C)n(-c2cccc(C(F)(F)F)c2)c1=O. The van der Waals surface area contributed by atoms with Crippen LogP contribution in [0.15, 0.2) is 69.2 Å². The summed E-state index contributed by atoms with van der Waals surface area (Å²) in [5.41, 5.74) is -2.05. The van der Waals surface area contributed by atoms with Crippen LogP contribution in [0.25, 0.3) is 5.69 Å². The number of halogens is 3. The van der Waals surface area contributed by atoms with Gasteiger partial charge in [-0.2, -0.15) is 18.4 Å². The second-order valence-electron chi connectivity index (χ2n) is 6.82. The molecule has 0 amide bonds. The molecule has 0 aliphatic rings. The van der Waals surface area contributed by atoms with E-state index < -0.39 is 39.6 Å². The minimum absolute atomic E-state index is 0.0379. The van der Waals surface area contributed by atoms with Crippen LogP contribution in [0.1, 0.15) is 34.1 Å². The monoisotopic (exact) mass is 474 g/mol. The molecule has 3 rings (SSSR count). The van der Waals surface area contributed by atoms with Gasteiger partial charge in [0, 0.05) is 16.3 Å². The molecule has 1 unspecified atom stereocenters. The molecule has 10 heteroatoms. The van der Waals surface area contributed by atoms with Crippen LogP contribution < -0.4 is 5.56 Å². The Morgan fingerprint density at radius 1 is 1.15 bits per heavy atom. The number of nitrogens with zero attached hydrogens (tertiary/aromatic N) is 2. The average molecular weight is 474 g/mol. The normalized spacial score (nSPS) is 12.1. The van der Waals surface area contributed by atoms with Crippen molar-refractivity contribution in [2.24, 2.45) is 0 Å². The second-order valence-corrected chi connectivity index (χ2v) is 8.27. The van der Waals surface area contributed by atoms with Crippen LogP contribution in [-0.4, -0.2) is 21.4 Å². The molecule has 0 aliphatic carbocycles. The highest BCUT2D eigenvalue weighted by molar-refractivity contribution is 7.85. The molecule has 2 aromatic carbocycles. The predicted octanol–water partition coefficient (Wildman–Crippen LogP) is 4.38. The molecule has 1 heterocycles. The number of alkyl halides is 3. The van der Waals surface area contributed by atoms with Crippen LogP contribution in [0.3, 0.4) is 0 Å². The maximum atomic E-state index is 13.3. The van der Waals surface area contributed by atoms with E-state index >= 15 is 0 Å². The van der Waals surface area contributed by atoms with E-state index in [1.165, 1.54) is 44.2 Å². The van der Waals surface area contributed by atoms with Crippen LogP contribution in [0, 0.1) is 18.3 Å². The summed E-state index contributed by atoms with van der Waals surface area (Å²) in [7, 11) is -1.91. The molecule has 0 spiro atoms. The number of carbonyl (C=O) groups is 1. The van der Waals surface area contributed by atoms with Crippen molar-refractivity contribution in [1.82, 2.24) is 4.57 Å². The number of ether oxygens (including phenoxy) is 1. The van der Waals surface area contributed by atoms with Crippen LogP contribution in [0.5, 0.6) is 0 Å². The number of benzene rings is 2. The first-order valence-electron chi connectivity index (χ1n) is 9.61. The summed E-state index contributed by atoms with van der Waals surface area (Å²) >= 11 is 0. The van der Waals surface area contributed by atoms with Crippen LogP contribution >= 0.6 is 0 Å². The third-order valence-corrected chi connectivity index (χ3v) is 6.24. The molecule has 0 fully saturated rings. The Labute approximate surface area is 189 Å². The summed E-state index contributed by atoms with van der Waals surface area (Å²) in [6, 6.07) is 13.0. The lowest BCUT2D eigenvalue weighted by molar-refractivity contribution is -0.137. The highest BCUT2D eigenvalue weighted by atomic mass is 32.2. The smallest absolute Gasteiger partial charge is 0.416 e. The average Bonchev–Trinajstić information content (AvgIpc) is 2.78. The molecule has 1 aromatic heterocycles. The van der Waals surface area contributed by atoms with Crippen LogP contribution in [-0.2, 0) is 21.7 Å². The van der Waals surface area contributed by atoms with Gasteiger partial charge in [-0.3, -0.25) is 9.36 Å². The van der Waals surface area contributed by atoms with Gasteiger partial charge in [-0.15, -0.1) is 0 Å². The zero-order chi connectivity index (χ0) is 24.3. The minimum Gasteiger partial charge on any atom is -0.462 e. The lowest BCUT2D eigenvalue weighted by atomic mass is 10.1. The number of hydrogen-bond acceptors (Lipinski definition) is 5. The highest BCUT2D eigenvalue weighted by Crippen LogP contribution is 2.31. The van der Waals surface area contributed by atoms with Crippen molar-refractivity contribution < 1.29 is 26.9 Å². The third-order valence-electron chi connectivity index (χ3n) is 4.73. The van der Waals surface area contributed by atoms with Crippen LogP contribution in [0.2, 0.25) is 0 Å². The molecule has 0 aliphatic heterocycles. The molecule has 0 bridgehead atoms. The number of carbonyl (C=O) groups excluding carboxylic acids is 1. The molecule has 3 aromatic rings. The molecular formula is C23H17F3N2O4S. The highest BCUT2D eigenvalue weighted by Gasteiger charge is 2.31. The molecule has 6 nitrogen and oxygen atoms in total. The Bertz CT molecular complexity index is 1340. The second kappa shape index (κ2) is 9.42. The predicted molar refractivity (Wildman–Crippen MR) is 114 cm³/mol. The summed E-state index contributed by atoms with van der Waals surface area (Å²) in [4.78, 5) is 25.9. The summed E-state index contributed by atoms with van der Waals surface area (Å²) in [6.07, 6.45) is -4.65. The lowest BCUT2D eigenvalue weighted by Gasteiger charge is -2.17. The first kappa shape index (κ1) is 23.9. The molecule has 0 N–H and O–H groups in total. The lowest BCUT2D eigenvalue weighted by Crippen LogP contribution is -2.29. The number of hydrogen-bond donors (Lipinski definition) is 0. The number of aromatic nitrogens is 1. The Balaban J connectivity index is 2.28. The van der Waals surface area contributed by atoms with E-state index in [9.17, 15) is 27.0 Å². The molecule has 1 atom stereocenters. The standard InChI is InChI=1S/C23H17F3N2O4S/c1-3-32-22(30)19-12-20(33(31)18-9-7-15(13-27)8-10-18)14(2)28(21(19)29)17-6-4-5-16(11-17)23(24,25)26/h4-12H,3H2,1-2H3. The fraction of sp³-hybridized carbons (Fsp3) is 0.174. The maximum absolute atomic E-state index is 13.3. The maximum Gasteiger partial charge on any atom is 0.416 e. The first-order valence-corrected chi connectivity index (χ1v) is 10.8. The van der Waals surface area contributed by atoms with Gasteiger partial charge in [0.05, 0.1) is 39.5 Å². The van der Waals surface area contributed by atoms with Gasteiger partial charge < -0.3 is 4.74 Å². The Morgan fingerprint density at radius 3 is 2.39 bits per heavy atom. The van der Waals surface area contributed by atoms with E-state index in [-0.39, 0.29) is 27.8 Å². The van der Waals surface area contributed by atoms with Crippen molar-refractivity contribution >= 4 is 16.8 Å². The van der Waals surface area contributed by atoms with E-state index in [4.69, 9.17) is 10.00 Å². The van der Waals surface area contributed by atoms with Crippen molar-refractivity contribution in [3.05, 3.63) is 87.3 Å². The fourth-order valence-corrected chi connectivity index (χ4v) is 4.36. The van der Waals surface area contributed by atoms with Gasteiger partial charge in [-0.1, -0.05) is 6.07 Å². The number of pyridine rings is 1. The van der Waals surface area contributed by atoms with E-state index in [1.807, 2.05) is 6.07 Å². The van der Waals surface area contributed by atoms with E-state index in [0.29, 0.717) is 5.56 Å². The fourth-order valence-electron chi connectivity index (χ4n) is 3.14. The molecule has 33 heavy (non-hydrogen) atoms. The number of esters is 1. The van der Waals surface area contributed by atoms with Crippen molar-refractivity contribution in [2.45, 2.75) is 29.8 Å².